The summed E-state index contributed by atoms with van der Waals surface area (Å²) in [5, 5.41) is 11.3. The van der Waals surface area contributed by atoms with Crippen LogP contribution in [-0.4, -0.2) is 70.5 Å². The van der Waals surface area contributed by atoms with E-state index < -0.39 is 17.7 Å². The van der Waals surface area contributed by atoms with E-state index in [4.69, 9.17) is 9.47 Å². The molecule has 9 nitrogen and oxygen atoms in total. The summed E-state index contributed by atoms with van der Waals surface area (Å²) in [7, 11) is 1.56. The van der Waals surface area contributed by atoms with Crippen LogP contribution in [0.3, 0.4) is 0 Å². The van der Waals surface area contributed by atoms with Gasteiger partial charge in [0.05, 0.1) is 25.3 Å². The van der Waals surface area contributed by atoms with Crippen LogP contribution in [0.2, 0.25) is 0 Å². The minimum Gasteiger partial charge on any atom is -0.507 e. The van der Waals surface area contributed by atoms with E-state index in [0.29, 0.717) is 49.4 Å². The van der Waals surface area contributed by atoms with E-state index in [1.54, 1.807) is 66.6 Å². The van der Waals surface area contributed by atoms with E-state index in [-0.39, 0.29) is 23.5 Å². The second-order valence-electron chi connectivity index (χ2n) is 8.59. The Hall–Kier alpha value is -3.88. The third kappa shape index (κ3) is 4.58. The molecule has 2 saturated heterocycles. The highest BCUT2D eigenvalue weighted by atomic mass is 16.6. The predicted octanol–water partition coefficient (Wildman–Crippen LogP) is 3.44. The molecule has 4 rings (SSSR count). The van der Waals surface area contributed by atoms with Crippen molar-refractivity contribution in [1.29, 1.82) is 0 Å². The number of carbonyl (C=O) groups excluding carboxylic acids is 3. The number of nitrogens with zero attached hydrogens (tertiary/aromatic N) is 3. The molecule has 0 spiro atoms. The second kappa shape index (κ2) is 10.2. The number of likely N-dealkylation sites (tertiary alicyclic amines) is 2. The maximum atomic E-state index is 13.3. The van der Waals surface area contributed by atoms with Crippen molar-refractivity contribution in [3.63, 3.8) is 0 Å². The molecule has 1 atom stereocenters. The summed E-state index contributed by atoms with van der Waals surface area (Å²) in [5.41, 5.74) is 1.87. The topological polar surface area (TPSA) is 109 Å². The van der Waals surface area contributed by atoms with E-state index in [2.05, 4.69) is 4.98 Å². The van der Waals surface area contributed by atoms with Gasteiger partial charge in [-0.05, 0) is 62.1 Å². The van der Waals surface area contributed by atoms with Crippen molar-refractivity contribution < 1.29 is 29.0 Å². The summed E-state index contributed by atoms with van der Waals surface area (Å²) in [6.45, 7) is 4.69. The number of piperidine rings is 1. The van der Waals surface area contributed by atoms with Gasteiger partial charge in [-0.15, -0.1) is 0 Å². The third-order valence-corrected chi connectivity index (χ3v) is 6.53. The Kier molecular flexibility index (Phi) is 7.04. The zero-order chi connectivity index (χ0) is 25.1. The number of aromatic nitrogens is 1. The van der Waals surface area contributed by atoms with Crippen molar-refractivity contribution in [2.45, 2.75) is 38.8 Å². The van der Waals surface area contributed by atoms with E-state index >= 15 is 0 Å². The first-order valence-electron chi connectivity index (χ1n) is 11.6. The number of amides is 2. The Labute approximate surface area is 204 Å². The van der Waals surface area contributed by atoms with Crippen molar-refractivity contribution in [2.24, 2.45) is 0 Å². The first-order chi connectivity index (χ1) is 16.9. The van der Waals surface area contributed by atoms with Crippen LogP contribution in [0, 0.1) is 6.92 Å². The Balaban J connectivity index is 1.73. The maximum Gasteiger partial charge on any atom is 0.409 e. The molecule has 2 aliphatic rings. The van der Waals surface area contributed by atoms with Gasteiger partial charge in [-0.2, -0.15) is 0 Å². The van der Waals surface area contributed by atoms with Gasteiger partial charge in [-0.3, -0.25) is 14.6 Å². The highest BCUT2D eigenvalue weighted by Crippen LogP contribution is 2.42. The minimum atomic E-state index is -0.787. The van der Waals surface area contributed by atoms with Gasteiger partial charge in [0.25, 0.3) is 11.7 Å². The molecule has 9 heteroatoms. The van der Waals surface area contributed by atoms with Crippen LogP contribution in [0.25, 0.3) is 5.76 Å². The fourth-order valence-electron chi connectivity index (χ4n) is 4.81. The Bertz CT molecular complexity index is 1150. The molecule has 1 aromatic heterocycles. The fourth-order valence-corrected chi connectivity index (χ4v) is 4.81. The molecule has 0 bridgehead atoms. The highest BCUT2D eigenvalue weighted by Gasteiger charge is 2.49. The number of methoxy groups -OCH3 is 1. The number of rotatable bonds is 5. The average Bonchev–Trinajstić information content (AvgIpc) is 3.14. The van der Waals surface area contributed by atoms with Crippen LogP contribution in [0.15, 0.2) is 48.3 Å². The van der Waals surface area contributed by atoms with E-state index in [1.807, 2.05) is 6.92 Å². The Morgan fingerprint density at radius 1 is 1.20 bits per heavy atom. The monoisotopic (exact) mass is 479 g/mol. The van der Waals surface area contributed by atoms with Crippen LogP contribution in [0.1, 0.15) is 42.5 Å². The van der Waals surface area contributed by atoms with Gasteiger partial charge in [0.1, 0.15) is 11.5 Å². The van der Waals surface area contributed by atoms with E-state index in [0.717, 1.165) is 5.56 Å². The molecule has 1 aromatic carbocycles. The molecule has 3 heterocycles. The highest BCUT2D eigenvalue weighted by molar-refractivity contribution is 6.46. The summed E-state index contributed by atoms with van der Waals surface area (Å²) in [6, 6.07) is 7.54. The summed E-state index contributed by atoms with van der Waals surface area (Å²) >= 11 is 0. The van der Waals surface area contributed by atoms with Gasteiger partial charge in [0.2, 0.25) is 0 Å². The lowest BCUT2D eigenvalue weighted by Crippen LogP contribution is -2.48. The summed E-state index contributed by atoms with van der Waals surface area (Å²) in [6.07, 6.45) is 3.81. The number of ketones is 1. The molecular weight excluding hydrogens is 450 g/mol. The number of ether oxygens (including phenoxy) is 2. The van der Waals surface area contributed by atoms with Gasteiger partial charge in [0, 0.05) is 37.1 Å². The molecular formula is C26H29N3O6. The molecule has 1 N–H and O–H groups in total. The first-order valence-corrected chi connectivity index (χ1v) is 11.6. The van der Waals surface area contributed by atoms with Crippen molar-refractivity contribution in [3.05, 3.63) is 65.0 Å². The van der Waals surface area contributed by atoms with Crippen LogP contribution in [-0.2, 0) is 14.3 Å². The van der Waals surface area contributed by atoms with Crippen molar-refractivity contribution in [2.75, 3.05) is 26.8 Å². The van der Waals surface area contributed by atoms with Crippen LogP contribution in [0.4, 0.5) is 4.79 Å². The molecule has 1 unspecified atom stereocenters. The third-order valence-electron chi connectivity index (χ3n) is 6.53. The number of aryl methyl sites for hydroxylation is 1. The normalized spacial score (nSPS) is 20.3. The van der Waals surface area contributed by atoms with Crippen molar-refractivity contribution >= 4 is 23.5 Å². The zero-order valence-corrected chi connectivity index (χ0v) is 20.1. The van der Waals surface area contributed by atoms with Crippen LogP contribution in [0.5, 0.6) is 5.75 Å². The van der Waals surface area contributed by atoms with Gasteiger partial charge in [-0.1, -0.05) is 6.07 Å². The molecule has 0 saturated carbocycles. The number of aliphatic hydroxyl groups is 1. The van der Waals surface area contributed by atoms with Gasteiger partial charge in [0.15, 0.2) is 0 Å². The minimum absolute atomic E-state index is 0.0281. The van der Waals surface area contributed by atoms with Crippen molar-refractivity contribution in [3.8, 4) is 5.75 Å². The average molecular weight is 480 g/mol. The summed E-state index contributed by atoms with van der Waals surface area (Å²) < 4.78 is 10.4. The SMILES string of the molecule is CCOC(=O)N1CCC(N2C(=O)C(=O)/C(=C(/O)c3ccc(OC)c(C)c3)C2c2cccnc2)CC1. The molecule has 35 heavy (non-hydrogen) atoms. The number of aliphatic hydroxyl groups excluding tert-OH is 1. The van der Waals surface area contributed by atoms with Gasteiger partial charge >= 0.3 is 6.09 Å². The summed E-state index contributed by atoms with van der Waals surface area (Å²) in [4.78, 5) is 46.0. The number of carbonyl (C=O) groups is 3. The lowest BCUT2D eigenvalue weighted by Gasteiger charge is -2.38. The molecule has 184 valence electrons. The lowest BCUT2D eigenvalue weighted by molar-refractivity contribution is -0.142. The number of pyridine rings is 1. The number of benzene rings is 1. The fraction of sp³-hybridized carbons (Fsp3) is 0.385. The Morgan fingerprint density at radius 3 is 2.54 bits per heavy atom. The van der Waals surface area contributed by atoms with Gasteiger partial charge < -0.3 is 24.4 Å². The molecule has 0 radical (unpaired) electrons. The van der Waals surface area contributed by atoms with E-state index in [1.165, 1.54) is 0 Å². The quantitative estimate of drug-likeness (QED) is 0.397. The summed E-state index contributed by atoms with van der Waals surface area (Å²) in [5.74, 6) is -0.994. The largest absolute Gasteiger partial charge is 0.507 e. The molecule has 0 aliphatic carbocycles. The smallest absolute Gasteiger partial charge is 0.409 e. The number of hydrogen-bond donors (Lipinski definition) is 1. The molecule has 2 aliphatic heterocycles. The number of hydrogen-bond acceptors (Lipinski definition) is 7. The van der Waals surface area contributed by atoms with E-state index in [9.17, 15) is 19.5 Å². The molecule has 2 fully saturated rings. The lowest BCUT2D eigenvalue weighted by atomic mass is 9.94. The first kappa shape index (κ1) is 24.3. The van der Waals surface area contributed by atoms with Gasteiger partial charge in [-0.25, -0.2) is 4.79 Å². The van der Waals surface area contributed by atoms with Crippen molar-refractivity contribution in [1.82, 2.24) is 14.8 Å². The van der Waals surface area contributed by atoms with Crippen LogP contribution < -0.4 is 4.74 Å². The molecule has 2 aromatic rings. The predicted molar refractivity (Wildman–Crippen MR) is 128 cm³/mol. The maximum absolute atomic E-state index is 13.3. The Morgan fingerprint density at radius 2 is 1.94 bits per heavy atom. The molecule has 2 amide bonds. The van der Waals surface area contributed by atoms with Crippen LogP contribution >= 0.6 is 0 Å². The zero-order valence-electron chi connectivity index (χ0n) is 20.1. The standard InChI is InChI=1S/C26H29N3O6/c1-4-35-26(33)28-12-9-19(10-13-28)29-22(18-6-5-11-27-15-18)21(24(31)25(29)32)23(30)17-7-8-20(34-3)16(2)14-17/h5-8,11,14-15,19,22,30H,4,9-10,12-13H2,1-3H3/b23-21+. The number of Topliss-reactive ketones (excluding diaryl/α,β-unsaturated/α-hetero) is 1. The second-order valence-corrected chi connectivity index (χ2v) is 8.59.